The van der Waals surface area contributed by atoms with Crippen molar-refractivity contribution in [3.8, 4) is 0 Å². The van der Waals surface area contributed by atoms with E-state index in [4.69, 9.17) is 5.11 Å². The van der Waals surface area contributed by atoms with E-state index < -0.39 is 5.97 Å². The van der Waals surface area contributed by atoms with Gasteiger partial charge in [0.2, 0.25) is 0 Å². The first-order chi connectivity index (χ1) is 8.56. The van der Waals surface area contributed by atoms with Crippen molar-refractivity contribution in [3.63, 3.8) is 0 Å². The standard InChI is InChI=1S/C11H10BrN3O2S/c1-15(5-7-2-9(12)18-6-7)10-4-13-3-8(14-10)11(16)17/h2-4,6H,5H2,1H3,(H,16,17). The maximum Gasteiger partial charge on any atom is 0.356 e. The highest BCUT2D eigenvalue weighted by molar-refractivity contribution is 9.11. The van der Waals surface area contributed by atoms with Gasteiger partial charge >= 0.3 is 5.97 Å². The van der Waals surface area contributed by atoms with Crippen LogP contribution < -0.4 is 4.90 Å². The molecule has 0 bridgehead atoms. The molecule has 0 aliphatic heterocycles. The number of carboxylic acids is 1. The van der Waals surface area contributed by atoms with E-state index in [1.54, 1.807) is 17.5 Å². The number of rotatable bonds is 4. The van der Waals surface area contributed by atoms with E-state index in [9.17, 15) is 4.79 Å². The summed E-state index contributed by atoms with van der Waals surface area (Å²) in [6, 6.07) is 2.02. The highest BCUT2D eigenvalue weighted by atomic mass is 79.9. The van der Waals surface area contributed by atoms with Gasteiger partial charge in [0.25, 0.3) is 0 Å². The van der Waals surface area contributed by atoms with Gasteiger partial charge in [-0.15, -0.1) is 11.3 Å². The Bertz CT molecular complexity index is 573. The molecule has 0 saturated heterocycles. The molecular formula is C11H10BrN3O2S. The van der Waals surface area contributed by atoms with Crippen LogP contribution in [0.1, 0.15) is 16.1 Å². The number of thiophene rings is 1. The number of anilines is 1. The van der Waals surface area contributed by atoms with Crippen LogP contribution in [-0.4, -0.2) is 28.1 Å². The van der Waals surface area contributed by atoms with Crippen molar-refractivity contribution in [2.75, 3.05) is 11.9 Å². The molecule has 18 heavy (non-hydrogen) atoms. The molecule has 0 unspecified atom stereocenters. The molecule has 0 radical (unpaired) electrons. The van der Waals surface area contributed by atoms with Crippen LogP contribution in [0.2, 0.25) is 0 Å². The monoisotopic (exact) mass is 327 g/mol. The lowest BCUT2D eigenvalue weighted by Gasteiger charge is -2.16. The minimum absolute atomic E-state index is 0.0501. The Balaban J connectivity index is 2.15. The largest absolute Gasteiger partial charge is 0.476 e. The van der Waals surface area contributed by atoms with Crippen LogP contribution in [0, 0.1) is 0 Å². The van der Waals surface area contributed by atoms with Crippen LogP contribution in [0.15, 0.2) is 27.6 Å². The fourth-order valence-electron chi connectivity index (χ4n) is 1.43. The average molecular weight is 328 g/mol. The summed E-state index contributed by atoms with van der Waals surface area (Å²) in [5.74, 6) is -0.534. The minimum atomic E-state index is -1.07. The fraction of sp³-hybridized carbons (Fsp3) is 0.182. The van der Waals surface area contributed by atoms with Gasteiger partial charge in [0.05, 0.1) is 16.2 Å². The Morgan fingerprint density at radius 3 is 2.94 bits per heavy atom. The molecule has 94 valence electrons. The maximum atomic E-state index is 10.8. The first-order valence-electron chi connectivity index (χ1n) is 5.05. The molecule has 2 rings (SSSR count). The van der Waals surface area contributed by atoms with Crippen LogP contribution in [0.25, 0.3) is 0 Å². The third-order valence-corrected chi connectivity index (χ3v) is 3.83. The summed E-state index contributed by atoms with van der Waals surface area (Å²) < 4.78 is 1.07. The van der Waals surface area contributed by atoms with Crippen LogP contribution in [-0.2, 0) is 6.54 Å². The quantitative estimate of drug-likeness (QED) is 0.935. The normalized spacial score (nSPS) is 10.3. The third kappa shape index (κ3) is 3.05. The van der Waals surface area contributed by atoms with Crippen molar-refractivity contribution in [2.45, 2.75) is 6.54 Å². The van der Waals surface area contributed by atoms with Gasteiger partial charge in [-0.1, -0.05) is 0 Å². The first-order valence-corrected chi connectivity index (χ1v) is 6.73. The molecule has 0 spiro atoms. The lowest BCUT2D eigenvalue weighted by molar-refractivity contribution is 0.0690. The molecule has 2 aromatic heterocycles. The fourth-order valence-corrected chi connectivity index (χ4v) is 2.63. The number of halogens is 1. The lowest BCUT2D eigenvalue weighted by Crippen LogP contribution is -2.18. The number of hydrogen-bond acceptors (Lipinski definition) is 5. The van der Waals surface area contributed by atoms with Gasteiger partial charge in [0.15, 0.2) is 5.69 Å². The second-order valence-corrected chi connectivity index (χ2v) is 5.97. The van der Waals surface area contributed by atoms with Crippen molar-refractivity contribution in [1.82, 2.24) is 9.97 Å². The molecule has 7 heteroatoms. The summed E-state index contributed by atoms with van der Waals surface area (Å²) in [6.45, 7) is 0.653. The van der Waals surface area contributed by atoms with Crippen LogP contribution >= 0.6 is 27.3 Å². The Kier molecular flexibility index (Phi) is 3.93. The van der Waals surface area contributed by atoms with E-state index in [0.29, 0.717) is 12.4 Å². The number of hydrogen-bond donors (Lipinski definition) is 1. The Labute approximate surface area is 116 Å². The van der Waals surface area contributed by atoms with Gasteiger partial charge in [-0.25, -0.2) is 9.78 Å². The number of carbonyl (C=O) groups is 1. The SMILES string of the molecule is CN(Cc1csc(Br)c1)c1cncc(C(=O)O)n1. The number of nitrogens with zero attached hydrogens (tertiary/aromatic N) is 3. The summed E-state index contributed by atoms with van der Waals surface area (Å²) in [7, 11) is 1.85. The van der Waals surface area contributed by atoms with E-state index in [1.807, 2.05) is 23.4 Å². The summed E-state index contributed by atoms with van der Waals surface area (Å²) >= 11 is 5.01. The molecule has 0 amide bonds. The number of aromatic carboxylic acids is 1. The van der Waals surface area contributed by atoms with Crippen molar-refractivity contribution < 1.29 is 9.90 Å². The van der Waals surface area contributed by atoms with Gasteiger partial charge in [-0.05, 0) is 32.9 Å². The second-order valence-electron chi connectivity index (χ2n) is 3.68. The van der Waals surface area contributed by atoms with Gasteiger partial charge in [-0.3, -0.25) is 4.98 Å². The lowest BCUT2D eigenvalue weighted by atomic mass is 10.3. The van der Waals surface area contributed by atoms with Crippen molar-refractivity contribution in [2.24, 2.45) is 0 Å². The van der Waals surface area contributed by atoms with Gasteiger partial charge in [0, 0.05) is 13.6 Å². The zero-order chi connectivity index (χ0) is 13.1. The molecule has 5 nitrogen and oxygen atoms in total. The predicted molar refractivity (Wildman–Crippen MR) is 73.1 cm³/mol. The topological polar surface area (TPSA) is 66.3 Å². The van der Waals surface area contributed by atoms with Crippen molar-refractivity contribution in [1.29, 1.82) is 0 Å². The molecular weight excluding hydrogens is 318 g/mol. The first kappa shape index (κ1) is 13.0. The van der Waals surface area contributed by atoms with Crippen molar-refractivity contribution >= 4 is 39.1 Å². The van der Waals surface area contributed by atoms with E-state index in [2.05, 4.69) is 25.9 Å². The zero-order valence-corrected chi connectivity index (χ0v) is 11.9. The highest BCUT2D eigenvalue weighted by Gasteiger charge is 2.10. The van der Waals surface area contributed by atoms with Gasteiger partial charge in [-0.2, -0.15) is 0 Å². The summed E-state index contributed by atoms with van der Waals surface area (Å²) in [6.07, 6.45) is 2.79. The average Bonchev–Trinajstić information content (AvgIpc) is 2.75. The van der Waals surface area contributed by atoms with E-state index in [-0.39, 0.29) is 5.69 Å². The molecule has 0 atom stereocenters. The zero-order valence-electron chi connectivity index (χ0n) is 9.50. The second kappa shape index (κ2) is 5.45. The molecule has 0 aliphatic carbocycles. The van der Waals surface area contributed by atoms with Crippen LogP contribution in [0.5, 0.6) is 0 Å². The third-order valence-electron chi connectivity index (χ3n) is 2.27. The molecule has 1 N–H and O–H groups in total. The van der Waals surface area contributed by atoms with E-state index in [1.165, 1.54) is 6.20 Å². The Hall–Kier alpha value is -1.47. The highest BCUT2D eigenvalue weighted by Crippen LogP contribution is 2.22. The molecule has 0 fully saturated rings. The Morgan fingerprint density at radius 2 is 2.33 bits per heavy atom. The summed E-state index contributed by atoms with van der Waals surface area (Å²) in [5, 5.41) is 10.9. The molecule has 0 aromatic carbocycles. The van der Waals surface area contributed by atoms with Gasteiger partial charge in [0.1, 0.15) is 5.82 Å². The predicted octanol–water partition coefficient (Wildman–Crippen LogP) is 2.64. The van der Waals surface area contributed by atoms with Crippen LogP contribution in [0.4, 0.5) is 5.82 Å². The maximum absolute atomic E-state index is 10.8. The minimum Gasteiger partial charge on any atom is -0.476 e. The van der Waals surface area contributed by atoms with E-state index in [0.717, 1.165) is 9.35 Å². The smallest absolute Gasteiger partial charge is 0.356 e. The molecule has 0 aliphatic rings. The molecule has 0 saturated carbocycles. The van der Waals surface area contributed by atoms with Crippen molar-refractivity contribution in [3.05, 3.63) is 38.9 Å². The Morgan fingerprint density at radius 1 is 1.56 bits per heavy atom. The van der Waals surface area contributed by atoms with E-state index >= 15 is 0 Å². The van der Waals surface area contributed by atoms with Crippen LogP contribution in [0.3, 0.4) is 0 Å². The molecule has 2 aromatic rings. The van der Waals surface area contributed by atoms with Gasteiger partial charge < -0.3 is 10.0 Å². The number of carboxylic acid groups (broad SMARTS) is 1. The summed E-state index contributed by atoms with van der Waals surface area (Å²) in [5.41, 5.74) is 1.09. The summed E-state index contributed by atoms with van der Waals surface area (Å²) in [4.78, 5) is 20.6. The molecule has 2 heterocycles. The number of aromatic nitrogens is 2.